The summed E-state index contributed by atoms with van der Waals surface area (Å²) in [5, 5.41) is -0.165. The monoisotopic (exact) mass is 382 g/mol. The zero-order valence-electron chi connectivity index (χ0n) is 14.1. The smallest absolute Gasteiger partial charge is 0.182 e. The van der Waals surface area contributed by atoms with Crippen LogP contribution < -0.4 is 0 Å². The highest BCUT2D eigenvalue weighted by atomic mass is 35.5. The molecule has 1 saturated carbocycles. The fourth-order valence-corrected chi connectivity index (χ4v) is 6.22. The van der Waals surface area contributed by atoms with Crippen molar-refractivity contribution in [3.63, 3.8) is 0 Å². The minimum atomic E-state index is -3.61. The average Bonchev–Trinajstić information content (AvgIpc) is 2.51. The Bertz CT molecular complexity index is 882. The van der Waals surface area contributed by atoms with Gasteiger partial charge in [0.05, 0.1) is 15.7 Å². The zero-order valence-corrected chi connectivity index (χ0v) is 15.7. The lowest BCUT2D eigenvalue weighted by Crippen LogP contribution is -2.36. The summed E-state index contributed by atoms with van der Waals surface area (Å²) in [6, 6.07) is 3.03. The Labute approximate surface area is 151 Å². The van der Waals surface area contributed by atoms with Gasteiger partial charge < -0.3 is 0 Å². The second-order valence-corrected chi connectivity index (χ2v) is 9.76. The molecule has 0 N–H and O–H groups in total. The predicted molar refractivity (Wildman–Crippen MR) is 92.8 cm³/mol. The minimum Gasteiger partial charge on any atom is -0.298 e. The van der Waals surface area contributed by atoms with Crippen molar-refractivity contribution in [1.29, 1.82) is 0 Å². The van der Waals surface area contributed by atoms with Gasteiger partial charge in [-0.1, -0.05) is 31.5 Å². The molecule has 0 atom stereocenters. The number of sulfone groups is 1. The molecule has 0 amide bonds. The molecule has 2 aliphatic rings. The van der Waals surface area contributed by atoms with Crippen LogP contribution in [0.15, 0.2) is 17.0 Å². The third-order valence-electron chi connectivity index (χ3n) is 5.15. The van der Waals surface area contributed by atoms with Crippen molar-refractivity contribution in [1.82, 2.24) is 0 Å². The maximum atomic E-state index is 12.8. The zero-order chi connectivity index (χ0) is 18.6. The molecule has 0 bridgehead atoms. The first-order valence-electron chi connectivity index (χ1n) is 8.21. The molecule has 25 heavy (non-hydrogen) atoms. The third kappa shape index (κ3) is 2.95. The van der Waals surface area contributed by atoms with Crippen molar-refractivity contribution >= 4 is 38.8 Å². The highest BCUT2D eigenvalue weighted by Gasteiger charge is 2.41. The lowest BCUT2D eigenvalue weighted by atomic mass is 9.79. The number of rotatable bonds is 2. The number of fused-ring (bicyclic) bond motifs is 1. The van der Waals surface area contributed by atoms with E-state index in [1.165, 1.54) is 6.07 Å². The van der Waals surface area contributed by atoms with Gasteiger partial charge >= 0.3 is 0 Å². The number of halogens is 1. The van der Waals surface area contributed by atoms with Crippen LogP contribution in [0, 0.1) is 5.92 Å². The summed E-state index contributed by atoms with van der Waals surface area (Å²) in [5.41, 5.74) is 0.124. The van der Waals surface area contributed by atoms with Gasteiger partial charge in [0.15, 0.2) is 27.2 Å². The van der Waals surface area contributed by atoms with Gasteiger partial charge in [0.1, 0.15) is 5.92 Å². The second-order valence-electron chi connectivity index (χ2n) is 7.34. The van der Waals surface area contributed by atoms with Crippen LogP contribution in [-0.4, -0.2) is 31.5 Å². The van der Waals surface area contributed by atoms with Crippen LogP contribution in [0.1, 0.15) is 55.5 Å². The maximum Gasteiger partial charge on any atom is 0.182 e. The van der Waals surface area contributed by atoms with E-state index >= 15 is 0 Å². The topological polar surface area (TPSA) is 85.3 Å². The molecule has 1 heterocycles. The summed E-state index contributed by atoms with van der Waals surface area (Å²) in [4.78, 5) is 36.8. The van der Waals surface area contributed by atoms with Gasteiger partial charge in [0.2, 0.25) is 0 Å². The molecule has 5 nitrogen and oxygen atoms in total. The molecule has 0 spiro atoms. The predicted octanol–water partition coefficient (Wildman–Crippen LogP) is 2.92. The molecule has 0 saturated heterocycles. The van der Waals surface area contributed by atoms with Gasteiger partial charge in [-0.3, -0.25) is 14.4 Å². The molecular formula is C18H19ClO5S. The Balaban J connectivity index is 2.16. The first-order valence-corrected chi connectivity index (χ1v) is 10.2. The number of Topliss-reactive ketones (excluding diaryl/α,β-unsaturated/α-hetero) is 3. The fraction of sp³-hybridized carbons (Fsp3) is 0.500. The van der Waals surface area contributed by atoms with Crippen LogP contribution in [0.3, 0.4) is 0 Å². The molecule has 1 fully saturated rings. The number of benzene rings is 1. The van der Waals surface area contributed by atoms with E-state index in [1.807, 2.05) is 13.8 Å². The summed E-state index contributed by atoms with van der Waals surface area (Å²) in [5.74, 6) is -2.94. The van der Waals surface area contributed by atoms with Crippen LogP contribution in [-0.2, 0) is 24.8 Å². The van der Waals surface area contributed by atoms with Crippen molar-refractivity contribution < 1.29 is 22.8 Å². The Morgan fingerprint density at radius 3 is 2.36 bits per heavy atom. The lowest BCUT2D eigenvalue weighted by Gasteiger charge is -2.33. The molecule has 0 radical (unpaired) electrons. The van der Waals surface area contributed by atoms with Gasteiger partial charge in [-0.2, -0.15) is 0 Å². The number of ketones is 3. The standard InChI is InChI=1S/C18H19ClO5S/c1-18(2)8-9-25(23,24)17-11(18)7-6-10(15(17)19)16(22)14-12(20)4-3-5-13(14)21/h6-7,14H,3-5,8-9H2,1-2H3. The Morgan fingerprint density at radius 2 is 1.76 bits per heavy atom. The van der Waals surface area contributed by atoms with Crippen molar-refractivity contribution in [2.24, 2.45) is 5.92 Å². The van der Waals surface area contributed by atoms with Crippen molar-refractivity contribution in [3.05, 3.63) is 28.3 Å². The number of carbonyl (C=O) groups is 3. The van der Waals surface area contributed by atoms with E-state index in [0.717, 1.165) is 0 Å². The summed E-state index contributed by atoms with van der Waals surface area (Å²) in [6.07, 6.45) is 1.26. The average molecular weight is 383 g/mol. The van der Waals surface area contributed by atoms with Crippen LogP contribution in [0.4, 0.5) is 0 Å². The highest BCUT2D eigenvalue weighted by Crippen LogP contribution is 2.43. The van der Waals surface area contributed by atoms with Gasteiger partial charge in [0, 0.05) is 18.4 Å². The van der Waals surface area contributed by atoms with E-state index in [9.17, 15) is 22.8 Å². The summed E-state index contributed by atoms with van der Waals surface area (Å²) in [6.45, 7) is 3.85. The van der Waals surface area contributed by atoms with Crippen LogP contribution in [0.5, 0.6) is 0 Å². The van der Waals surface area contributed by atoms with E-state index < -0.39 is 33.1 Å². The maximum absolute atomic E-state index is 12.8. The minimum absolute atomic E-state index is 0.0352. The number of hydrogen-bond acceptors (Lipinski definition) is 5. The van der Waals surface area contributed by atoms with E-state index in [0.29, 0.717) is 18.4 Å². The molecule has 3 rings (SSSR count). The van der Waals surface area contributed by atoms with Gasteiger partial charge in [-0.05, 0) is 29.9 Å². The van der Waals surface area contributed by atoms with Crippen molar-refractivity contribution in [2.45, 2.75) is 49.8 Å². The molecule has 1 aliphatic heterocycles. The quantitative estimate of drug-likeness (QED) is 0.580. The molecule has 1 aromatic carbocycles. The normalized spacial score (nSPS) is 22.5. The molecule has 7 heteroatoms. The summed E-state index contributed by atoms with van der Waals surface area (Å²) >= 11 is 6.33. The molecule has 1 aliphatic carbocycles. The van der Waals surface area contributed by atoms with Crippen LogP contribution in [0.25, 0.3) is 0 Å². The van der Waals surface area contributed by atoms with Crippen LogP contribution in [0.2, 0.25) is 5.02 Å². The second kappa shape index (κ2) is 6.02. The Kier molecular flexibility index (Phi) is 4.40. The molecule has 0 unspecified atom stereocenters. The Morgan fingerprint density at radius 1 is 1.16 bits per heavy atom. The van der Waals surface area contributed by atoms with E-state index in [-0.39, 0.29) is 39.5 Å². The van der Waals surface area contributed by atoms with Gasteiger partial charge in [-0.15, -0.1) is 0 Å². The van der Waals surface area contributed by atoms with Gasteiger partial charge in [-0.25, -0.2) is 8.42 Å². The van der Waals surface area contributed by atoms with E-state index in [4.69, 9.17) is 11.6 Å². The SMILES string of the molecule is CC1(C)CCS(=O)(=O)c2c1ccc(C(=O)C1C(=O)CCCC1=O)c2Cl. The summed E-state index contributed by atoms with van der Waals surface area (Å²) < 4.78 is 25.1. The number of carbonyl (C=O) groups excluding carboxylic acids is 3. The largest absolute Gasteiger partial charge is 0.298 e. The van der Waals surface area contributed by atoms with Crippen LogP contribution >= 0.6 is 11.6 Å². The molecule has 134 valence electrons. The lowest BCUT2D eigenvalue weighted by molar-refractivity contribution is -0.133. The van der Waals surface area contributed by atoms with Crippen molar-refractivity contribution in [3.8, 4) is 0 Å². The first-order chi connectivity index (χ1) is 11.6. The molecule has 0 aromatic heterocycles. The summed E-state index contributed by atoms with van der Waals surface area (Å²) in [7, 11) is -3.61. The third-order valence-corrected chi connectivity index (χ3v) is 7.44. The van der Waals surface area contributed by atoms with E-state index in [2.05, 4.69) is 0 Å². The van der Waals surface area contributed by atoms with Crippen molar-refractivity contribution in [2.75, 3.05) is 5.75 Å². The van der Waals surface area contributed by atoms with Gasteiger partial charge in [0.25, 0.3) is 0 Å². The number of hydrogen-bond donors (Lipinski definition) is 0. The van der Waals surface area contributed by atoms with E-state index in [1.54, 1.807) is 6.07 Å². The molecule has 1 aromatic rings. The molecular weight excluding hydrogens is 364 g/mol. The first kappa shape index (κ1) is 18.3. The highest BCUT2D eigenvalue weighted by molar-refractivity contribution is 7.91. The Hall–Kier alpha value is -1.53. The fourth-order valence-electron chi connectivity index (χ4n) is 3.56.